The van der Waals surface area contributed by atoms with Gasteiger partial charge in [-0.05, 0) is 108 Å². The molecule has 12 rings (SSSR count). The Morgan fingerprint density at radius 2 is 0.500 bits per heavy atom. The molecule has 0 N–H and O–H groups in total. The Balaban J connectivity index is 0.000000182. The molecule has 0 aliphatic carbocycles. The van der Waals surface area contributed by atoms with Gasteiger partial charge in [0.2, 0.25) is 0 Å². The van der Waals surface area contributed by atoms with Gasteiger partial charge >= 0.3 is 0 Å². The van der Waals surface area contributed by atoms with E-state index in [9.17, 15) is 0 Å². The topological polar surface area (TPSA) is 129 Å². The summed E-state index contributed by atoms with van der Waals surface area (Å²) in [7, 11) is 0. The third kappa shape index (κ3) is 14.1. The van der Waals surface area contributed by atoms with Crippen LogP contribution in [0.15, 0.2) is 231 Å². The second kappa shape index (κ2) is 24.7. The van der Waals surface area contributed by atoms with Crippen LogP contribution >= 0.6 is 0 Å². The second-order valence-electron chi connectivity index (χ2n) is 26.5. The van der Waals surface area contributed by atoms with E-state index in [0.717, 1.165) is 78.0 Å². The van der Waals surface area contributed by atoms with Gasteiger partial charge in [0.1, 0.15) is 6.33 Å². The van der Waals surface area contributed by atoms with Gasteiger partial charge in [0.25, 0.3) is 0 Å². The molecule has 0 fully saturated rings. The van der Waals surface area contributed by atoms with Gasteiger partial charge in [0, 0.05) is 69.3 Å². The molecule has 0 atom stereocenters. The van der Waals surface area contributed by atoms with E-state index in [1.807, 2.05) is 134 Å². The number of nitrogens with zero attached hydrogens (tertiary/aromatic N) is 10. The summed E-state index contributed by atoms with van der Waals surface area (Å²) in [5, 5.41) is 0. The zero-order valence-electron chi connectivity index (χ0n) is 52.4. The van der Waals surface area contributed by atoms with Crippen molar-refractivity contribution in [3.05, 3.63) is 254 Å². The van der Waals surface area contributed by atoms with Gasteiger partial charge in [-0.1, -0.05) is 241 Å². The predicted molar refractivity (Wildman–Crippen MR) is 360 cm³/mol. The summed E-state index contributed by atoms with van der Waals surface area (Å²) in [5.74, 6) is 3.74. The minimum absolute atomic E-state index is 0.00684. The summed E-state index contributed by atoms with van der Waals surface area (Å²) >= 11 is 0. The van der Waals surface area contributed by atoms with Crippen molar-refractivity contribution in [1.29, 1.82) is 0 Å². The summed E-state index contributed by atoms with van der Waals surface area (Å²) in [6.45, 7) is 27.2. The van der Waals surface area contributed by atoms with Crippen molar-refractivity contribution in [3.63, 3.8) is 0 Å². The first kappa shape index (κ1) is 59.7. The Bertz CT molecular complexity index is 3910. The van der Waals surface area contributed by atoms with Crippen molar-refractivity contribution in [2.45, 2.75) is 105 Å². The molecule has 10 heteroatoms. The molecule has 0 radical (unpaired) electrons. The third-order valence-electron chi connectivity index (χ3n) is 15.5. The zero-order chi connectivity index (χ0) is 61.8. The van der Waals surface area contributed by atoms with Gasteiger partial charge in [0.05, 0.1) is 11.9 Å². The molecule has 0 spiro atoms. The number of benzene rings is 8. The van der Waals surface area contributed by atoms with E-state index in [4.69, 9.17) is 29.9 Å². The van der Waals surface area contributed by atoms with Crippen LogP contribution in [0.25, 0.3) is 113 Å². The van der Waals surface area contributed by atoms with E-state index in [1.165, 1.54) is 22.3 Å². The Labute approximate surface area is 518 Å². The van der Waals surface area contributed by atoms with Gasteiger partial charge in [-0.3, -0.25) is 9.97 Å². The lowest BCUT2D eigenvalue weighted by Crippen LogP contribution is -2.16. The zero-order valence-corrected chi connectivity index (χ0v) is 52.4. The molecule has 8 aromatic carbocycles. The van der Waals surface area contributed by atoms with Crippen LogP contribution in [0.5, 0.6) is 0 Å². The second-order valence-corrected chi connectivity index (χ2v) is 26.5. The van der Waals surface area contributed by atoms with Crippen LogP contribution in [0.1, 0.15) is 105 Å². The van der Waals surface area contributed by atoms with Crippen LogP contribution in [0.4, 0.5) is 0 Å². The maximum absolute atomic E-state index is 5.03. The summed E-state index contributed by atoms with van der Waals surface area (Å²) in [4.78, 5) is 47.5. The normalized spacial score (nSPS) is 11.9. The van der Waals surface area contributed by atoms with Crippen molar-refractivity contribution >= 4 is 0 Å². The highest BCUT2D eigenvalue weighted by atomic mass is 15.0. The van der Waals surface area contributed by atoms with Gasteiger partial charge in [-0.25, -0.2) is 39.9 Å². The fourth-order valence-electron chi connectivity index (χ4n) is 10.3. The van der Waals surface area contributed by atoms with Crippen LogP contribution in [-0.2, 0) is 21.7 Å². The van der Waals surface area contributed by atoms with Crippen LogP contribution in [0.2, 0.25) is 0 Å². The molecular formula is C78H74N10. The van der Waals surface area contributed by atoms with E-state index in [2.05, 4.69) is 176 Å². The fraction of sp³-hybridized carbons (Fsp3) is 0.205. The summed E-state index contributed by atoms with van der Waals surface area (Å²) in [6, 6.07) is 67.2. The van der Waals surface area contributed by atoms with E-state index in [1.54, 1.807) is 24.9 Å². The van der Waals surface area contributed by atoms with Crippen molar-refractivity contribution < 1.29 is 0 Å². The van der Waals surface area contributed by atoms with Crippen LogP contribution in [0, 0.1) is 0 Å². The first-order chi connectivity index (χ1) is 42.1. The number of aromatic nitrogens is 10. The first-order valence-corrected chi connectivity index (χ1v) is 30.0. The molecule has 0 saturated heterocycles. The number of hydrogen-bond acceptors (Lipinski definition) is 10. The van der Waals surface area contributed by atoms with Crippen molar-refractivity contribution in [1.82, 2.24) is 49.8 Å². The van der Waals surface area contributed by atoms with Crippen LogP contribution in [-0.4, -0.2) is 49.8 Å². The molecule has 0 amide bonds. The van der Waals surface area contributed by atoms with Crippen LogP contribution in [0.3, 0.4) is 0 Å². The Morgan fingerprint density at radius 1 is 0.227 bits per heavy atom. The van der Waals surface area contributed by atoms with Crippen molar-refractivity contribution in [2.24, 2.45) is 0 Å². The van der Waals surface area contributed by atoms with Gasteiger partial charge in [0.15, 0.2) is 34.9 Å². The van der Waals surface area contributed by atoms with Crippen molar-refractivity contribution in [3.8, 4) is 113 Å². The third-order valence-corrected chi connectivity index (χ3v) is 15.5. The molecular weight excluding hydrogens is 1080 g/mol. The molecule has 0 aliphatic rings. The minimum atomic E-state index is -0.00919. The van der Waals surface area contributed by atoms with E-state index >= 15 is 0 Å². The monoisotopic (exact) mass is 1150 g/mol. The quantitative estimate of drug-likeness (QED) is 0.130. The maximum atomic E-state index is 5.03. The van der Waals surface area contributed by atoms with Gasteiger partial charge in [-0.2, -0.15) is 0 Å². The molecule has 88 heavy (non-hydrogen) atoms. The molecule has 10 nitrogen and oxygen atoms in total. The van der Waals surface area contributed by atoms with Crippen LogP contribution < -0.4 is 0 Å². The van der Waals surface area contributed by atoms with E-state index in [0.29, 0.717) is 34.9 Å². The molecule has 0 aliphatic heterocycles. The highest BCUT2D eigenvalue weighted by Gasteiger charge is 2.25. The van der Waals surface area contributed by atoms with E-state index in [-0.39, 0.29) is 21.7 Å². The molecule has 0 saturated carbocycles. The van der Waals surface area contributed by atoms with Gasteiger partial charge in [-0.15, -0.1) is 0 Å². The standard InChI is InChI=1S/2C39H37N5/c1-38(2,3)33-20-30(21-34(22-33)39(4,5)6)28-17-29(32-23-40-25-41-24-32)19-31(18-28)37-43-35(26-13-9-7-10-14-26)42-36(44-37)27-15-11-8-12-16-27;1-38(2,3)32-22-29(23-33(24-32)39(4,5)6)28-19-30(34-25-40-17-18-41-34)21-31(20-28)37-43-35(26-13-9-7-10-14-26)42-36(44-37)27-15-11-8-12-16-27/h2*7-25H,1-6H3. The first-order valence-electron chi connectivity index (χ1n) is 30.0. The minimum Gasteiger partial charge on any atom is -0.261 e. The fourth-order valence-corrected chi connectivity index (χ4v) is 10.3. The molecule has 0 unspecified atom stereocenters. The summed E-state index contributed by atoms with van der Waals surface area (Å²) in [6.07, 6.45) is 10.5. The molecule has 4 aromatic heterocycles. The SMILES string of the molecule is CC(C)(C)c1cc(-c2cc(-c3cnccn3)cc(-c3nc(-c4ccccc4)nc(-c4ccccc4)n3)c2)cc(C(C)(C)C)c1.CC(C)(C)c1cc(-c2cc(-c3cncnc3)cc(-c3nc(-c4ccccc4)nc(-c4ccccc4)n3)c2)cc(C(C)(C)C)c1. The van der Waals surface area contributed by atoms with E-state index < -0.39 is 0 Å². The average molecular weight is 1150 g/mol. The highest BCUT2D eigenvalue weighted by Crippen LogP contribution is 2.40. The lowest BCUT2D eigenvalue weighted by Gasteiger charge is -2.26. The van der Waals surface area contributed by atoms with Crippen molar-refractivity contribution in [2.75, 3.05) is 0 Å². The maximum Gasteiger partial charge on any atom is 0.164 e. The molecule has 4 heterocycles. The average Bonchev–Trinajstić information content (AvgIpc) is 2.05. The smallest absolute Gasteiger partial charge is 0.164 e. The Kier molecular flexibility index (Phi) is 16.8. The lowest BCUT2D eigenvalue weighted by atomic mass is 9.78. The Hall–Kier alpha value is -10.1. The Morgan fingerprint density at radius 3 is 0.807 bits per heavy atom. The predicted octanol–water partition coefficient (Wildman–Crippen LogP) is 19.2. The molecule has 12 aromatic rings. The number of rotatable bonds is 10. The summed E-state index contributed by atoms with van der Waals surface area (Å²) < 4.78 is 0. The molecule has 436 valence electrons. The highest BCUT2D eigenvalue weighted by molar-refractivity contribution is 5.82. The number of hydrogen-bond donors (Lipinski definition) is 0. The largest absolute Gasteiger partial charge is 0.261 e. The lowest BCUT2D eigenvalue weighted by molar-refractivity contribution is 0.568. The molecule has 0 bridgehead atoms. The summed E-state index contributed by atoms with van der Waals surface area (Å²) in [5.41, 5.74) is 18.8. The van der Waals surface area contributed by atoms with Gasteiger partial charge < -0.3 is 0 Å².